The molecule has 5 rings (SSSR count). The van der Waals surface area contributed by atoms with Crippen LogP contribution in [0.4, 0.5) is 5.69 Å². The number of nitrogens with zero attached hydrogens (tertiary/aromatic N) is 3. The van der Waals surface area contributed by atoms with Crippen molar-refractivity contribution in [3.05, 3.63) is 94.0 Å². The Labute approximate surface area is 230 Å². The van der Waals surface area contributed by atoms with E-state index in [1.54, 1.807) is 19.2 Å². The number of hydrazone groups is 1. The number of hydrogen-bond donors (Lipinski definition) is 1. The molecule has 3 aromatic rings. The molecular weight excluding hydrogens is 520 g/mol. The maximum atomic E-state index is 12.8. The van der Waals surface area contributed by atoms with Gasteiger partial charge < -0.3 is 10.1 Å². The fourth-order valence-electron chi connectivity index (χ4n) is 4.35. The second kappa shape index (κ2) is 11.0. The van der Waals surface area contributed by atoms with Crippen LogP contribution in [0.3, 0.4) is 0 Å². The first-order valence-electron chi connectivity index (χ1n) is 12.2. The first-order valence-corrected chi connectivity index (χ1v) is 13.5. The average Bonchev–Trinajstić information content (AvgIpc) is 3.50. The van der Waals surface area contributed by atoms with Crippen LogP contribution < -0.4 is 10.1 Å². The second-order valence-electron chi connectivity index (χ2n) is 9.31. The number of ether oxygens (including phenoxy) is 1. The lowest BCUT2D eigenvalue weighted by molar-refractivity contribution is -0.121. The van der Waals surface area contributed by atoms with E-state index >= 15 is 0 Å². The summed E-state index contributed by atoms with van der Waals surface area (Å²) in [7, 11) is 1.63. The van der Waals surface area contributed by atoms with Crippen molar-refractivity contribution in [2.75, 3.05) is 12.4 Å². The summed E-state index contributed by atoms with van der Waals surface area (Å²) >= 11 is 7.45. The van der Waals surface area contributed by atoms with E-state index in [0.29, 0.717) is 22.3 Å². The van der Waals surface area contributed by atoms with Crippen molar-refractivity contribution in [1.82, 2.24) is 5.01 Å². The number of amidine groups is 1. The number of halogens is 1. The van der Waals surface area contributed by atoms with Gasteiger partial charge in [0.25, 0.3) is 5.91 Å². The third kappa shape index (κ3) is 5.61. The van der Waals surface area contributed by atoms with Gasteiger partial charge in [0.15, 0.2) is 5.17 Å². The zero-order valence-electron chi connectivity index (χ0n) is 21.3. The van der Waals surface area contributed by atoms with Gasteiger partial charge >= 0.3 is 0 Å². The number of aliphatic imine (C=N–C) groups is 1. The average molecular weight is 547 g/mol. The smallest absolute Gasteiger partial charge is 0.262 e. The molecule has 0 unspecified atom stereocenters. The molecule has 2 aliphatic rings. The number of amides is 2. The number of methoxy groups -OCH3 is 1. The molecule has 2 amide bonds. The van der Waals surface area contributed by atoms with Crippen LogP contribution in [0.5, 0.6) is 5.75 Å². The van der Waals surface area contributed by atoms with Crippen molar-refractivity contribution in [2.24, 2.45) is 10.1 Å². The molecule has 0 bridgehead atoms. The Balaban J connectivity index is 1.34. The van der Waals surface area contributed by atoms with Gasteiger partial charge in [-0.2, -0.15) is 10.1 Å². The first-order chi connectivity index (χ1) is 18.3. The molecule has 2 atom stereocenters. The summed E-state index contributed by atoms with van der Waals surface area (Å²) < 4.78 is 5.32. The summed E-state index contributed by atoms with van der Waals surface area (Å²) in [6.45, 7) is 3.94. The first kappa shape index (κ1) is 26.0. The van der Waals surface area contributed by atoms with Crippen LogP contribution in [0.15, 0.2) is 76.8 Å². The standard InChI is InChI=1S/C29H27ClN4O3S/c1-17-4-7-19(8-5-17)24-15-25(20-9-12-22(37-3)13-10-20)34(33-24)29-32-28(36)26(38-29)16-27(35)31-21-11-6-18(2)23(30)14-21/h4-14,25-26H,15-16H2,1-3H3,(H,31,35)/t25-,26+/m0/s1. The third-order valence-corrected chi connectivity index (χ3v) is 8.10. The van der Waals surface area contributed by atoms with E-state index < -0.39 is 5.25 Å². The van der Waals surface area contributed by atoms with Crippen molar-refractivity contribution in [2.45, 2.75) is 38.0 Å². The number of anilines is 1. The van der Waals surface area contributed by atoms with Gasteiger partial charge in [0.2, 0.25) is 5.91 Å². The Morgan fingerprint density at radius 3 is 2.53 bits per heavy atom. The number of carbonyl (C=O) groups excluding carboxylic acids is 2. The molecule has 9 heteroatoms. The molecule has 194 valence electrons. The number of benzene rings is 3. The van der Waals surface area contributed by atoms with Crippen molar-refractivity contribution in [3.8, 4) is 5.75 Å². The number of carbonyl (C=O) groups is 2. The molecule has 0 saturated heterocycles. The number of hydrogen-bond acceptors (Lipinski definition) is 6. The van der Waals surface area contributed by atoms with Gasteiger partial charge in [-0.25, -0.2) is 5.01 Å². The Hall–Kier alpha value is -3.62. The van der Waals surface area contributed by atoms with Gasteiger partial charge in [-0.05, 0) is 54.8 Å². The number of nitrogens with one attached hydrogen (secondary N) is 1. The summed E-state index contributed by atoms with van der Waals surface area (Å²) in [5.74, 6) is 0.153. The molecule has 7 nitrogen and oxygen atoms in total. The maximum Gasteiger partial charge on any atom is 0.262 e. The van der Waals surface area contributed by atoms with Crippen LogP contribution in [-0.2, 0) is 9.59 Å². The van der Waals surface area contributed by atoms with E-state index in [2.05, 4.69) is 34.6 Å². The SMILES string of the molecule is COc1ccc([C@@H]2CC(c3ccc(C)cc3)=NN2C2=NC(=O)[C@@H](CC(=O)Nc3ccc(C)c(Cl)c3)S2)cc1. The predicted molar refractivity (Wildman–Crippen MR) is 153 cm³/mol. The molecule has 2 heterocycles. The lowest BCUT2D eigenvalue weighted by Crippen LogP contribution is -2.25. The maximum absolute atomic E-state index is 12.8. The molecule has 0 aliphatic carbocycles. The normalized spacial score (nSPS) is 18.8. The van der Waals surface area contributed by atoms with E-state index in [-0.39, 0.29) is 24.3 Å². The summed E-state index contributed by atoms with van der Waals surface area (Å²) in [4.78, 5) is 29.9. The topological polar surface area (TPSA) is 83.4 Å². The summed E-state index contributed by atoms with van der Waals surface area (Å²) in [5.41, 5.74) is 5.66. The van der Waals surface area contributed by atoms with Crippen molar-refractivity contribution in [1.29, 1.82) is 0 Å². The molecule has 38 heavy (non-hydrogen) atoms. The van der Waals surface area contributed by atoms with Crippen LogP contribution in [0, 0.1) is 13.8 Å². The fraction of sp³-hybridized carbons (Fsp3) is 0.241. The van der Waals surface area contributed by atoms with Crippen LogP contribution in [0.25, 0.3) is 0 Å². The zero-order chi connectivity index (χ0) is 26.8. The Morgan fingerprint density at radius 1 is 1.11 bits per heavy atom. The predicted octanol–water partition coefficient (Wildman–Crippen LogP) is 6.14. The van der Waals surface area contributed by atoms with Crippen LogP contribution in [0.1, 0.15) is 41.1 Å². The monoisotopic (exact) mass is 546 g/mol. The molecule has 1 N–H and O–H groups in total. The van der Waals surface area contributed by atoms with Crippen LogP contribution in [-0.4, -0.2) is 40.1 Å². The van der Waals surface area contributed by atoms with Crippen molar-refractivity contribution >= 4 is 51.7 Å². The zero-order valence-corrected chi connectivity index (χ0v) is 22.8. The number of rotatable bonds is 6. The molecular formula is C29H27ClN4O3S. The van der Waals surface area contributed by atoms with Gasteiger partial charge in [-0.1, -0.05) is 71.4 Å². The largest absolute Gasteiger partial charge is 0.497 e. The minimum atomic E-state index is -0.624. The Kier molecular flexibility index (Phi) is 7.53. The number of thioether (sulfide) groups is 1. The Morgan fingerprint density at radius 2 is 1.84 bits per heavy atom. The highest BCUT2D eigenvalue weighted by atomic mass is 35.5. The van der Waals surface area contributed by atoms with Crippen LogP contribution in [0.2, 0.25) is 5.02 Å². The molecule has 2 aliphatic heterocycles. The minimum Gasteiger partial charge on any atom is -0.497 e. The highest BCUT2D eigenvalue weighted by molar-refractivity contribution is 8.15. The molecule has 0 aromatic heterocycles. The number of aryl methyl sites for hydroxylation is 2. The van der Waals surface area contributed by atoms with Crippen molar-refractivity contribution in [3.63, 3.8) is 0 Å². The van der Waals surface area contributed by atoms with E-state index in [4.69, 9.17) is 21.4 Å². The summed E-state index contributed by atoms with van der Waals surface area (Å²) in [5, 5.41) is 9.99. The summed E-state index contributed by atoms with van der Waals surface area (Å²) in [6.07, 6.45) is 0.653. The van der Waals surface area contributed by atoms with Gasteiger partial charge in [0, 0.05) is 23.6 Å². The quantitative estimate of drug-likeness (QED) is 0.401. The Bertz CT molecular complexity index is 1440. The summed E-state index contributed by atoms with van der Waals surface area (Å²) in [6, 6.07) is 21.3. The molecule has 0 fully saturated rings. The van der Waals surface area contributed by atoms with Crippen molar-refractivity contribution < 1.29 is 14.3 Å². The molecule has 0 spiro atoms. The van der Waals surface area contributed by atoms with Gasteiger partial charge in [-0.15, -0.1) is 0 Å². The van der Waals surface area contributed by atoms with Gasteiger partial charge in [0.05, 0.1) is 18.9 Å². The van der Waals surface area contributed by atoms with Gasteiger partial charge in [0.1, 0.15) is 11.0 Å². The highest BCUT2D eigenvalue weighted by Gasteiger charge is 2.39. The molecule has 3 aromatic carbocycles. The van der Waals surface area contributed by atoms with E-state index in [1.165, 1.54) is 17.3 Å². The lowest BCUT2D eigenvalue weighted by atomic mass is 9.98. The van der Waals surface area contributed by atoms with E-state index in [9.17, 15) is 9.59 Å². The van der Waals surface area contributed by atoms with E-state index in [1.807, 2.05) is 49.2 Å². The lowest BCUT2D eigenvalue weighted by Gasteiger charge is -2.23. The van der Waals surface area contributed by atoms with Gasteiger partial charge in [-0.3, -0.25) is 9.59 Å². The second-order valence-corrected chi connectivity index (χ2v) is 10.9. The van der Waals surface area contributed by atoms with E-state index in [0.717, 1.165) is 28.2 Å². The minimum absolute atomic E-state index is 0.00241. The fourth-order valence-corrected chi connectivity index (χ4v) is 5.59. The molecule has 0 radical (unpaired) electrons. The third-order valence-electron chi connectivity index (χ3n) is 6.55. The van der Waals surface area contributed by atoms with Crippen LogP contribution >= 0.6 is 23.4 Å². The molecule has 0 saturated carbocycles. The highest BCUT2D eigenvalue weighted by Crippen LogP contribution is 2.39.